The molecule has 0 heterocycles. The van der Waals surface area contributed by atoms with Crippen LogP contribution in [0.3, 0.4) is 0 Å². The largest absolute Gasteiger partial charge is 0.384 e. The summed E-state index contributed by atoms with van der Waals surface area (Å²) in [4.78, 5) is 0. The highest BCUT2D eigenvalue weighted by Gasteiger charge is 2.21. The molecule has 0 aromatic carbocycles. The molecule has 60 valence electrons. The van der Waals surface area contributed by atoms with Crippen LogP contribution in [0.15, 0.2) is 35.6 Å². The summed E-state index contributed by atoms with van der Waals surface area (Å²) in [7, 11) is 0. The van der Waals surface area contributed by atoms with E-state index in [1.54, 1.807) is 0 Å². The van der Waals surface area contributed by atoms with E-state index < -0.39 is 0 Å². The van der Waals surface area contributed by atoms with E-state index in [1.165, 1.54) is 11.3 Å². The van der Waals surface area contributed by atoms with Gasteiger partial charge in [-0.05, 0) is 30.1 Å². The molecule has 0 spiro atoms. The van der Waals surface area contributed by atoms with Gasteiger partial charge < -0.3 is 5.32 Å². The summed E-state index contributed by atoms with van der Waals surface area (Å²) < 4.78 is 0. The Morgan fingerprint density at radius 2 is 1.91 bits per heavy atom. The zero-order valence-electron chi connectivity index (χ0n) is 7.33. The second-order valence-corrected chi connectivity index (χ2v) is 2.88. The van der Waals surface area contributed by atoms with Crippen LogP contribution in [-0.4, -0.2) is 6.54 Å². The van der Waals surface area contributed by atoms with Gasteiger partial charge in [0.1, 0.15) is 0 Å². The first-order chi connectivity index (χ1) is 5.18. The van der Waals surface area contributed by atoms with Crippen molar-refractivity contribution in [1.29, 1.82) is 0 Å². The molecule has 11 heavy (non-hydrogen) atoms. The van der Waals surface area contributed by atoms with Crippen LogP contribution in [0.4, 0.5) is 0 Å². The van der Waals surface area contributed by atoms with Crippen LogP contribution in [0.2, 0.25) is 0 Å². The number of allylic oxidation sites excluding steroid dienone is 2. The lowest BCUT2D eigenvalue weighted by atomic mass is 9.85. The number of rotatable bonds is 3. The highest BCUT2D eigenvalue weighted by molar-refractivity contribution is 5.65. The maximum absolute atomic E-state index is 3.91. The molecule has 0 atom stereocenters. The highest BCUT2D eigenvalue weighted by atomic mass is 14.9. The SMILES string of the molecule is C=C1C(=C)C(NCCC)=C1C. The van der Waals surface area contributed by atoms with Crippen molar-refractivity contribution in [2.45, 2.75) is 20.3 Å². The van der Waals surface area contributed by atoms with E-state index in [2.05, 4.69) is 32.3 Å². The van der Waals surface area contributed by atoms with Crippen LogP contribution in [0.1, 0.15) is 20.3 Å². The Bertz CT molecular complexity index is 233. The predicted molar refractivity (Wildman–Crippen MR) is 49.3 cm³/mol. The summed E-state index contributed by atoms with van der Waals surface area (Å²) in [5.41, 5.74) is 4.65. The summed E-state index contributed by atoms with van der Waals surface area (Å²) in [6, 6.07) is 0. The molecule has 0 aliphatic heterocycles. The first kappa shape index (κ1) is 8.12. The minimum absolute atomic E-state index is 1.03. The minimum atomic E-state index is 1.03. The van der Waals surface area contributed by atoms with E-state index in [1.807, 2.05) is 0 Å². The van der Waals surface area contributed by atoms with Crippen molar-refractivity contribution >= 4 is 0 Å². The van der Waals surface area contributed by atoms with Gasteiger partial charge in [0.05, 0.1) is 0 Å². The molecular weight excluding hydrogens is 134 g/mol. The van der Waals surface area contributed by atoms with Gasteiger partial charge >= 0.3 is 0 Å². The molecule has 1 N–H and O–H groups in total. The Morgan fingerprint density at radius 3 is 2.36 bits per heavy atom. The molecule has 0 saturated heterocycles. The summed E-state index contributed by atoms with van der Waals surface area (Å²) in [5.74, 6) is 0. The molecule has 0 bridgehead atoms. The summed E-state index contributed by atoms with van der Waals surface area (Å²) in [6.07, 6.45) is 1.15. The first-order valence-corrected chi connectivity index (χ1v) is 4.02. The maximum atomic E-state index is 3.91. The van der Waals surface area contributed by atoms with Crippen molar-refractivity contribution < 1.29 is 0 Å². The fourth-order valence-electron chi connectivity index (χ4n) is 1.18. The lowest BCUT2D eigenvalue weighted by molar-refractivity contribution is 0.758. The molecule has 1 aliphatic carbocycles. The lowest BCUT2D eigenvalue weighted by Crippen LogP contribution is -2.24. The molecule has 0 fully saturated rings. The molecule has 0 saturated carbocycles. The van der Waals surface area contributed by atoms with Gasteiger partial charge in [-0.3, -0.25) is 0 Å². The van der Waals surface area contributed by atoms with Crippen LogP contribution >= 0.6 is 0 Å². The van der Waals surface area contributed by atoms with Gasteiger partial charge in [-0.1, -0.05) is 20.1 Å². The van der Waals surface area contributed by atoms with E-state index in [0.29, 0.717) is 0 Å². The molecule has 0 unspecified atom stereocenters. The molecule has 1 rings (SSSR count). The van der Waals surface area contributed by atoms with Gasteiger partial charge in [-0.2, -0.15) is 0 Å². The van der Waals surface area contributed by atoms with Gasteiger partial charge in [0.25, 0.3) is 0 Å². The fraction of sp³-hybridized carbons (Fsp3) is 0.400. The average molecular weight is 149 g/mol. The van der Waals surface area contributed by atoms with Crippen LogP contribution in [0.5, 0.6) is 0 Å². The van der Waals surface area contributed by atoms with Crippen LogP contribution in [0.25, 0.3) is 0 Å². The third-order valence-electron chi connectivity index (χ3n) is 2.05. The zero-order valence-corrected chi connectivity index (χ0v) is 7.33. The standard InChI is InChI=1S/C10H15N/c1-5-6-11-10-8(3)7(2)9(10)4/h11H,2-3,5-6H2,1,4H3. The average Bonchev–Trinajstić information content (AvgIpc) is 2.04. The van der Waals surface area contributed by atoms with E-state index in [0.717, 1.165) is 24.1 Å². The third-order valence-corrected chi connectivity index (χ3v) is 2.05. The Hall–Kier alpha value is -0.980. The summed E-state index contributed by atoms with van der Waals surface area (Å²) in [5, 5.41) is 3.32. The zero-order chi connectivity index (χ0) is 8.43. The van der Waals surface area contributed by atoms with Crippen LogP contribution < -0.4 is 5.32 Å². The van der Waals surface area contributed by atoms with E-state index in [4.69, 9.17) is 0 Å². The summed E-state index contributed by atoms with van der Waals surface area (Å²) in [6.45, 7) is 13.0. The van der Waals surface area contributed by atoms with Crippen molar-refractivity contribution in [1.82, 2.24) is 5.32 Å². The molecule has 1 aliphatic rings. The predicted octanol–water partition coefficient (Wildman–Crippen LogP) is 2.39. The van der Waals surface area contributed by atoms with Gasteiger partial charge in [-0.25, -0.2) is 0 Å². The number of nitrogens with one attached hydrogen (secondary N) is 1. The first-order valence-electron chi connectivity index (χ1n) is 4.02. The van der Waals surface area contributed by atoms with Gasteiger partial charge in [0, 0.05) is 12.2 Å². The van der Waals surface area contributed by atoms with Gasteiger partial charge in [0.15, 0.2) is 0 Å². The molecule has 0 aromatic rings. The Balaban J connectivity index is 2.60. The van der Waals surface area contributed by atoms with E-state index in [9.17, 15) is 0 Å². The third kappa shape index (κ3) is 1.23. The van der Waals surface area contributed by atoms with Gasteiger partial charge in [-0.15, -0.1) is 0 Å². The Labute approximate surface area is 68.5 Å². The Morgan fingerprint density at radius 1 is 1.27 bits per heavy atom. The number of hydrogen-bond acceptors (Lipinski definition) is 1. The quantitative estimate of drug-likeness (QED) is 0.649. The van der Waals surface area contributed by atoms with Crippen molar-refractivity contribution in [2.24, 2.45) is 0 Å². The molecule has 1 heteroatoms. The maximum Gasteiger partial charge on any atom is 0.0449 e. The number of hydrogen-bond donors (Lipinski definition) is 1. The molecule has 0 amide bonds. The smallest absolute Gasteiger partial charge is 0.0449 e. The van der Waals surface area contributed by atoms with E-state index in [-0.39, 0.29) is 0 Å². The summed E-state index contributed by atoms with van der Waals surface area (Å²) >= 11 is 0. The van der Waals surface area contributed by atoms with Gasteiger partial charge in [0.2, 0.25) is 0 Å². The molecule has 1 nitrogen and oxygen atoms in total. The second-order valence-electron chi connectivity index (χ2n) is 2.88. The normalized spacial score (nSPS) is 16.9. The van der Waals surface area contributed by atoms with Crippen molar-refractivity contribution in [2.75, 3.05) is 6.54 Å². The topological polar surface area (TPSA) is 12.0 Å². The van der Waals surface area contributed by atoms with Crippen LogP contribution in [-0.2, 0) is 0 Å². The fourth-order valence-corrected chi connectivity index (χ4v) is 1.18. The van der Waals surface area contributed by atoms with Crippen molar-refractivity contribution in [3.05, 3.63) is 35.6 Å². The molecule has 0 radical (unpaired) electrons. The lowest BCUT2D eigenvalue weighted by Gasteiger charge is -2.27. The van der Waals surface area contributed by atoms with E-state index >= 15 is 0 Å². The molecular formula is C10H15N. The highest BCUT2D eigenvalue weighted by Crippen LogP contribution is 2.34. The Kier molecular flexibility index (Phi) is 2.18. The van der Waals surface area contributed by atoms with Crippen molar-refractivity contribution in [3.8, 4) is 0 Å². The van der Waals surface area contributed by atoms with Crippen molar-refractivity contribution in [3.63, 3.8) is 0 Å². The monoisotopic (exact) mass is 149 g/mol. The van der Waals surface area contributed by atoms with Crippen LogP contribution in [0, 0.1) is 0 Å². The minimum Gasteiger partial charge on any atom is -0.384 e. The second kappa shape index (κ2) is 2.95. The molecule has 0 aromatic heterocycles.